The average Bonchev–Trinajstić information content (AvgIpc) is 2.67. The van der Waals surface area contributed by atoms with Crippen LogP contribution in [0.5, 0.6) is 0 Å². The van der Waals surface area contributed by atoms with Crippen molar-refractivity contribution >= 4 is 33.4 Å². The average molecular weight is 314 g/mol. The number of carbonyl (C=O) groups excluding carboxylic acids is 1. The van der Waals surface area contributed by atoms with Gasteiger partial charge in [-0.05, 0) is 28.9 Å². The number of amides is 1. The van der Waals surface area contributed by atoms with Gasteiger partial charge in [0, 0.05) is 16.7 Å². The highest BCUT2D eigenvalue weighted by atomic mass is 79.9. The van der Waals surface area contributed by atoms with Gasteiger partial charge in [-0.25, -0.2) is 4.52 Å². The van der Waals surface area contributed by atoms with E-state index < -0.39 is 0 Å². The number of hydrogen-bond donors (Lipinski definition) is 3. The molecule has 0 aromatic carbocycles. The van der Waals surface area contributed by atoms with Gasteiger partial charge in [-0.15, -0.1) is 5.10 Å². The molecule has 4 N–H and O–H groups in total. The van der Waals surface area contributed by atoms with E-state index in [9.17, 15) is 4.79 Å². The summed E-state index contributed by atoms with van der Waals surface area (Å²) in [7, 11) is 0. The lowest BCUT2D eigenvalue weighted by Crippen LogP contribution is -2.35. The van der Waals surface area contributed by atoms with Crippen molar-refractivity contribution in [2.24, 2.45) is 0 Å². The number of anilines is 1. The summed E-state index contributed by atoms with van der Waals surface area (Å²) < 4.78 is 2.11. The lowest BCUT2D eigenvalue weighted by atomic mass is 10.2. The summed E-state index contributed by atoms with van der Waals surface area (Å²) in [6.45, 7) is 1.57. The van der Waals surface area contributed by atoms with E-state index in [0.29, 0.717) is 15.7 Å². The van der Waals surface area contributed by atoms with Crippen LogP contribution in [0.25, 0.3) is 5.65 Å². The summed E-state index contributed by atoms with van der Waals surface area (Å²) in [6, 6.07) is 1.29. The Hall–Kier alpha value is -1.67. The van der Waals surface area contributed by atoms with E-state index in [-0.39, 0.29) is 24.5 Å². The Morgan fingerprint density at radius 2 is 2.44 bits per heavy atom. The first-order valence-electron chi connectivity index (χ1n) is 5.24. The summed E-state index contributed by atoms with van der Waals surface area (Å²) in [5.41, 5.74) is 6.22. The fourth-order valence-electron chi connectivity index (χ4n) is 1.48. The van der Waals surface area contributed by atoms with E-state index in [1.54, 1.807) is 19.2 Å². The number of aliphatic hydroxyl groups excluding tert-OH is 1. The van der Waals surface area contributed by atoms with Crippen molar-refractivity contribution in [1.29, 1.82) is 0 Å². The van der Waals surface area contributed by atoms with Crippen LogP contribution in [-0.2, 0) is 0 Å². The SMILES string of the molecule is CC(CO)NC(=O)c1cc(Br)cn2nc(N)nc12. The predicted molar refractivity (Wildman–Crippen MR) is 69.1 cm³/mol. The van der Waals surface area contributed by atoms with Crippen molar-refractivity contribution in [1.82, 2.24) is 19.9 Å². The predicted octanol–water partition coefficient (Wildman–Crippen LogP) is 0.185. The third-order valence-electron chi connectivity index (χ3n) is 2.31. The molecule has 18 heavy (non-hydrogen) atoms. The maximum absolute atomic E-state index is 12.0. The molecule has 0 bridgehead atoms. The standard InChI is InChI=1S/C10H12BrN5O2/c1-5(4-17)13-9(18)7-2-6(11)3-16-8(7)14-10(12)15-16/h2-3,5,17H,4H2,1H3,(H2,12,15)(H,13,18). The number of nitrogen functional groups attached to an aromatic ring is 1. The van der Waals surface area contributed by atoms with E-state index in [2.05, 4.69) is 31.3 Å². The monoisotopic (exact) mass is 313 g/mol. The molecule has 2 aromatic rings. The molecule has 0 fully saturated rings. The van der Waals surface area contributed by atoms with Gasteiger partial charge in [0.2, 0.25) is 5.95 Å². The van der Waals surface area contributed by atoms with Crippen LogP contribution >= 0.6 is 15.9 Å². The number of nitrogens with zero attached hydrogens (tertiary/aromatic N) is 3. The minimum Gasteiger partial charge on any atom is -0.394 e. The summed E-state index contributed by atoms with van der Waals surface area (Å²) in [5, 5.41) is 15.5. The molecule has 1 atom stereocenters. The number of nitrogens with one attached hydrogen (secondary N) is 1. The van der Waals surface area contributed by atoms with E-state index in [0.717, 1.165) is 0 Å². The Morgan fingerprint density at radius 3 is 3.11 bits per heavy atom. The van der Waals surface area contributed by atoms with Gasteiger partial charge in [-0.1, -0.05) is 0 Å². The van der Waals surface area contributed by atoms with Gasteiger partial charge >= 0.3 is 0 Å². The van der Waals surface area contributed by atoms with Crippen LogP contribution in [0.1, 0.15) is 17.3 Å². The second-order valence-corrected chi connectivity index (χ2v) is 4.78. The van der Waals surface area contributed by atoms with Gasteiger partial charge in [0.1, 0.15) is 0 Å². The topological polar surface area (TPSA) is 106 Å². The first kappa shape index (κ1) is 12.8. The number of pyridine rings is 1. The van der Waals surface area contributed by atoms with Crippen LogP contribution in [0.3, 0.4) is 0 Å². The minimum atomic E-state index is -0.338. The summed E-state index contributed by atoms with van der Waals surface area (Å²) in [6.07, 6.45) is 1.66. The summed E-state index contributed by atoms with van der Waals surface area (Å²) in [5.74, 6) is -0.243. The molecule has 2 heterocycles. The molecule has 2 rings (SSSR count). The summed E-state index contributed by atoms with van der Waals surface area (Å²) in [4.78, 5) is 16.0. The van der Waals surface area contributed by atoms with Crippen molar-refractivity contribution in [3.63, 3.8) is 0 Å². The number of halogens is 1. The van der Waals surface area contributed by atoms with Crippen LogP contribution in [-0.4, -0.2) is 38.3 Å². The Balaban J connectivity index is 2.45. The van der Waals surface area contributed by atoms with Gasteiger partial charge in [0.25, 0.3) is 5.91 Å². The van der Waals surface area contributed by atoms with E-state index in [1.807, 2.05) is 0 Å². The number of hydrogen-bond acceptors (Lipinski definition) is 5. The molecule has 0 radical (unpaired) electrons. The fraction of sp³-hybridized carbons (Fsp3) is 0.300. The zero-order valence-electron chi connectivity index (χ0n) is 9.59. The Kier molecular flexibility index (Phi) is 3.48. The van der Waals surface area contributed by atoms with Crippen LogP contribution in [0.4, 0.5) is 5.95 Å². The molecule has 7 nitrogen and oxygen atoms in total. The van der Waals surface area contributed by atoms with E-state index in [4.69, 9.17) is 10.8 Å². The molecule has 8 heteroatoms. The maximum atomic E-state index is 12.0. The second kappa shape index (κ2) is 4.91. The van der Waals surface area contributed by atoms with Crippen molar-refractivity contribution < 1.29 is 9.90 Å². The van der Waals surface area contributed by atoms with Crippen molar-refractivity contribution in [3.8, 4) is 0 Å². The van der Waals surface area contributed by atoms with E-state index in [1.165, 1.54) is 4.52 Å². The van der Waals surface area contributed by atoms with Crippen molar-refractivity contribution in [2.75, 3.05) is 12.3 Å². The fourth-order valence-corrected chi connectivity index (χ4v) is 1.91. The molecular weight excluding hydrogens is 302 g/mol. The zero-order valence-corrected chi connectivity index (χ0v) is 11.2. The molecule has 0 aliphatic heterocycles. The molecule has 0 aliphatic rings. The number of aliphatic hydroxyl groups is 1. The molecule has 0 aliphatic carbocycles. The third-order valence-corrected chi connectivity index (χ3v) is 2.75. The lowest BCUT2D eigenvalue weighted by Gasteiger charge is -2.11. The van der Waals surface area contributed by atoms with Gasteiger partial charge in [-0.2, -0.15) is 4.98 Å². The first-order valence-corrected chi connectivity index (χ1v) is 6.03. The third kappa shape index (κ3) is 2.44. The number of nitrogens with two attached hydrogens (primary N) is 1. The van der Waals surface area contributed by atoms with Crippen molar-refractivity contribution in [2.45, 2.75) is 13.0 Å². The first-order chi connectivity index (χ1) is 8.51. The van der Waals surface area contributed by atoms with Gasteiger partial charge in [0.15, 0.2) is 5.65 Å². The second-order valence-electron chi connectivity index (χ2n) is 3.87. The largest absolute Gasteiger partial charge is 0.394 e. The Labute approximate surface area is 111 Å². The Morgan fingerprint density at radius 1 is 1.72 bits per heavy atom. The molecular formula is C10H12BrN5O2. The highest BCUT2D eigenvalue weighted by Crippen LogP contribution is 2.17. The van der Waals surface area contributed by atoms with Crippen LogP contribution in [0, 0.1) is 0 Å². The number of fused-ring (bicyclic) bond motifs is 1. The molecule has 96 valence electrons. The zero-order chi connectivity index (χ0) is 13.3. The quantitative estimate of drug-likeness (QED) is 0.750. The lowest BCUT2D eigenvalue weighted by molar-refractivity contribution is 0.0923. The van der Waals surface area contributed by atoms with Crippen LogP contribution in [0.15, 0.2) is 16.7 Å². The molecule has 0 spiro atoms. The van der Waals surface area contributed by atoms with Crippen LogP contribution in [0.2, 0.25) is 0 Å². The van der Waals surface area contributed by atoms with Gasteiger partial charge < -0.3 is 16.2 Å². The Bertz CT molecular complexity index is 597. The number of carbonyl (C=O) groups is 1. The normalized spacial score (nSPS) is 12.6. The molecule has 2 aromatic heterocycles. The van der Waals surface area contributed by atoms with Gasteiger partial charge in [-0.3, -0.25) is 4.79 Å². The minimum absolute atomic E-state index is 0.0948. The summed E-state index contributed by atoms with van der Waals surface area (Å²) >= 11 is 3.29. The maximum Gasteiger partial charge on any atom is 0.255 e. The molecule has 1 amide bonds. The molecule has 0 saturated carbocycles. The smallest absolute Gasteiger partial charge is 0.255 e. The highest BCUT2D eigenvalue weighted by Gasteiger charge is 2.16. The van der Waals surface area contributed by atoms with Gasteiger partial charge in [0.05, 0.1) is 12.2 Å². The van der Waals surface area contributed by atoms with Crippen LogP contribution < -0.4 is 11.1 Å². The number of rotatable bonds is 3. The van der Waals surface area contributed by atoms with E-state index >= 15 is 0 Å². The van der Waals surface area contributed by atoms with Crippen molar-refractivity contribution in [3.05, 3.63) is 22.3 Å². The number of aromatic nitrogens is 3. The molecule has 1 unspecified atom stereocenters. The molecule has 0 saturated heterocycles. The highest BCUT2D eigenvalue weighted by molar-refractivity contribution is 9.10.